The van der Waals surface area contributed by atoms with E-state index >= 15 is 0 Å². The van der Waals surface area contributed by atoms with Crippen LogP contribution >= 0.6 is 0 Å². The van der Waals surface area contributed by atoms with Gasteiger partial charge < -0.3 is 5.32 Å². The van der Waals surface area contributed by atoms with Gasteiger partial charge in [-0.1, -0.05) is 13.8 Å². The molecule has 1 aromatic rings. The van der Waals surface area contributed by atoms with Crippen molar-refractivity contribution in [2.75, 3.05) is 5.32 Å². The monoisotopic (exact) mass is 226 g/mol. The highest BCUT2D eigenvalue weighted by atomic mass is 19.1. The van der Waals surface area contributed by atoms with Gasteiger partial charge in [-0.2, -0.15) is 4.39 Å². The van der Waals surface area contributed by atoms with E-state index in [1.807, 2.05) is 20.8 Å². The number of anilines is 1. The highest BCUT2D eigenvalue weighted by Gasteiger charge is 2.15. The summed E-state index contributed by atoms with van der Waals surface area (Å²) in [6.45, 7) is 6.05. The molecule has 5 heteroatoms. The zero-order chi connectivity index (χ0) is 12.3. The SMILES string of the molecule is CC(C)C(C)Nc1ccc(F)c([N+](=O)[O-])c1. The van der Waals surface area contributed by atoms with Gasteiger partial charge in [-0.05, 0) is 25.0 Å². The molecule has 0 aliphatic rings. The number of nitro benzene ring substituents is 1. The molecule has 0 saturated heterocycles. The van der Waals surface area contributed by atoms with E-state index in [0.29, 0.717) is 11.6 Å². The van der Waals surface area contributed by atoms with Crippen LogP contribution in [0.15, 0.2) is 18.2 Å². The normalized spacial score (nSPS) is 12.6. The average molecular weight is 226 g/mol. The van der Waals surface area contributed by atoms with Crippen molar-refractivity contribution < 1.29 is 9.31 Å². The van der Waals surface area contributed by atoms with Crippen LogP contribution < -0.4 is 5.32 Å². The van der Waals surface area contributed by atoms with Crippen LogP contribution in [0.4, 0.5) is 15.8 Å². The molecular formula is C11H15FN2O2. The second-order valence-corrected chi connectivity index (χ2v) is 4.10. The van der Waals surface area contributed by atoms with Crippen LogP contribution in [-0.2, 0) is 0 Å². The number of hydrogen-bond acceptors (Lipinski definition) is 3. The molecule has 88 valence electrons. The van der Waals surface area contributed by atoms with E-state index in [-0.39, 0.29) is 6.04 Å². The van der Waals surface area contributed by atoms with Crippen LogP contribution in [0.3, 0.4) is 0 Å². The number of rotatable bonds is 4. The zero-order valence-corrected chi connectivity index (χ0v) is 9.53. The summed E-state index contributed by atoms with van der Waals surface area (Å²) in [5.41, 5.74) is 0.0651. The second-order valence-electron chi connectivity index (χ2n) is 4.10. The molecule has 4 nitrogen and oxygen atoms in total. The number of nitrogens with one attached hydrogen (secondary N) is 1. The van der Waals surface area contributed by atoms with Gasteiger partial charge in [0.1, 0.15) is 0 Å². The van der Waals surface area contributed by atoms with Gasteiger partial charge in [-0.15, -0.1) is 0 Å². The Balaban J connectivity index is 2.91. The minimum atomic E-state index is -0.812. The summed E-state index contributed by atoms with van der Waals surface area (Å²) in [6, 6.07) is 3.99. The van der Waals surface area contributed by atoms with Gasteiger partial charge in [0.15, 0.2) is 0 Å². The maximum absolute atomic E-state index is 13.0. The van der Waals surface area contributed by atoms with Crippen molar-refractivity contribution in [1.82, 2.24) is 0 Å². The van der Waals surface area contributed by atoms with Crippen LogP contribution in [-0.4, -0.2) is 11.0 Å². The summed E-state index contributed by atoms with van der Waals surface area (Å²) in [7, 11) is 0. The first-order chi connectivity index (χ1) is 7.41. The summed E-state index contributed by atoms with van der Waals surface area (Å²) >= 11 is 0. The van der Waals surface area contributed by atoms with Crippen molar-refractivity contribution in [2.24, 2.45) is 5.92 Å². The third-order valence-electron chi connectivity index (χ3n) is 2.54. The quantitative estimate of drug-likeness (QED) is 0.633. The second kappa shape index (κ2) is 4.92. The van der Waals surface area contributed by atoms with E-state index in [1.165, 1.54) is 12.1 Å². The third kappa shape index (κ3) is 2.92. The molecule has 0 aliphatic heterocycles. The Labute approximate surface area is 93.6 Å². The molecule has 0 amide bonds. The van der Waals surface area contributed by atoms with Crippen LogP contribution in [0, 0.1) is 21.8 Å². The fourth-order valence-electron chi connectivity index (χ4n) is 1.17. The summed E-state index contributed by atoms with van der Waals surface area (Å²) in [5, 5.41) is 13.6. The van der Waals surface area contributed by atoms with E-state index in [0.717, 1.165) is 6.07 Å². The lowest BCUT2D eigenvalue weighted by atomic mass is 10.1. The first-order valence-corrected chi connectivity index (χ1v) is 5.12. The molecule has 0 saturated carbocycles. The minimum absolute atomic E-state index is 0.171. The number of nitrogens with zero attached hydrogens (tertiary/aromatic N) is 1. The van der Waals surface area contributed by atoms with Crippen molar-refractivity contribution in [3.63, 3.8) is 0 Å². The van der Waals surface area contributed by atoms with Gasteiger partial charge in [0.2, 0.25) is 5.82 Å². The van der Waals surface area contributed by atoms with Crippen LogP contribution in [0.25, 0.3) is 0 Å². The Morgan fingerprint density at radius 2 is 2.00 bits per heavy atom. The van der Waals surface area contributed by atoms with Crippen molar-refractivity contribution in [1.29, 1.82) is 0 Å². The van der Waals surface area contributed by atoms with Gasteiger partial charge in [0.25, 0.3) is 0 Å². The molecule has 1 unspecified atom stereocenters. The lowest BCUT2D eigenvalue weighted by Crippen LogP contribution is -2.21. The summed E-state index contributed by atoms with van der Waals surface area (Å²) in [4.78, 5) is 9.81. The molecule has 0 aromatic heterocycles. The minimum Gasteiger partial charge on any atom is -0.382 e. The summed E-state index contributed by atoms with van der Waals surface area (Å²) < 4.78 is 13.0. The molecule has 16 heavy (non-hydrogen) atoms. The van der Waals surface area contributed by atoms with Gasteiger partial charge in [-0.25, -0.2) is 0 Å². The van der Waals surface area contributed by atoms with Crippen molar-refractivity contribution in [2.45, 2.75) is 26.8 Å². The molecule has 0 fully saturated rings. The first kappa shape index (κ1) is 12.4. The highest BCUT2D eigenvalue weighted by molar-refractivity contribution is 5.52. The Morgan fingerprint density at radius 1 is 1.38 bits per heavy atom. The smallest absolute Gasteiger partial charge is 0.306 e. The van der Waals surface area contributed by atoms with E-state index in [1.54, 1.807) is 0 Å². The van der Waals surface area contributed by atoms with E-state index < -0.39 is 16.4 Å². The van der Waals surface area contributed by atoms with Gasteiger partial charge in [0.05, 0.1) is 4.92 Å². The summed E-state index contributed by atoms with van der Waals surface area (Å²) in [6.07, 6.45) is 0. The number of halogens is 1. The Hall–Kier alpha value is -1.65. The molecule has 1 atom stereocenters. The molecule has 0 spiro atoms. The lowest BCUT2D eigenvalue weighted by Gasteiger charge is -2.18. The standard InChI is InChI=1S/C11H15FN2O2/c1-7(2)8(3)13-9-4-5-10(12)11(6-9)14(15)16/h4-8,13H,1-3H3. The van der Waals surface area contributed by atoms with Gasteiger partial charge in [-0.3, -0.25) is 10.1 Å². The first-order valence-electron chi connectivity index (χ1n) is 5.12. The fourth-order valence-corrected chi connectivity index (χ4v) is 1.17. The van der Waals surface area contributed by atoms with Crippen LogP contribution in [0.2, 0.25) is 0 Å². The molecule has 0 bridgehead atoms. The Bertz CT molecular complexity index is 394. The predicted molar refractivity (Wildman–Crippen MR) is 61.0 cm³/mol. The number of nitro groups is 1. The maximum atomic E-state index is 13.0. The van der Waals surface area contributed by atoms with Crippen molar-refractivity contribution in [3.05, 3.63) is 34.1 Å². The van der Waals surface area contributed by atoms with E-state index in [4.69, 9.17) is 0 Å². The zero-order valence-electron chi connectivity index (χ0n) is 9.53. The molecular weight excluding hydrogens is 211 g/mol. The lowest BCUT2D eigenvalue weighted by molar-refractivity contribution is -0.387. The van der Waals surface area contributed by atoms with Crippen molar-refractivity contribution in [3.8, 4) is 0 Å². The van der Waals surface area contributed by atoms with Gasteiger partial charge in [0, 0.05) is 17.8 Å². The molecule has 1 aromatic carbocycles. The van der Waals surface area contributed by atoms with Gasteiger partial charge >= 0.3 is 5.69 Å². The van der Waals surface area contributed by atoms with E-state index in [9.17, 15) is 14.5 Å². The predicted octanol–water partition coefficient (Wildman–Crippen LogP) is 3.19. The number of hydrogen-bond donors (Lipinski definition) is 1. The molecule has 0 aliphatic carbocycles. The molecule has 1 rings (SSSR count). The van der Waals surface area contributed by atoms with Crippen LogP contribution in [0.5, 0.6) is 0 Å². The maximum Gasteiger partial charge on any atom is 0.306 e. The Kier molecular flexibility index (Phi) is 3.82. The molecule has 1 N–H and O–H groups in total. The van der Waals surface area contributed by atoms with Crippen LogP contribution in [0.1, 0.15) is 20.8 Å². The van der Waals surface area contributed by atoms with Crippen molar-refractivity contribution >= 4 is 11.4 Å². The highest BCUT2D eigenvalue weighted by Crippen LogP contribution is 2.22. The van der Waals surface area contributed by atoms with E-state index in [2.05, 4.69) is 5.32 Å². The summed E-state index contributed by atoms with van der Waals surface area (Å²) in [5.74, 6) is -0.420. The third-order valence-corrected chi connectivity index (χ3v) is 2.54. The Morgan fingerprint density at radius 3 is 2.50 bits per heavy atom. The average Bonchev–Trinajstić information content (AvgIpc) is 2.20. The fraction of sp³-hybridized carbons (Fsp3) is 0.455. The number of benzene rings is 1. The molecule has 0 radical (unpaired) electrons. The largest absolute Gasteiger partial charge is 0.382 e. The topological polar surface area (TPSA) is 55.2 Å². The molecule has 0 heterocycles.